The Morgan fingerprint density at radius 3 is 2.70 bits per heavy atom. The molecule has 0 aliphatic heterocycles. The molecule has 1 rings (SSSR count). The monoisotopic (exact) mass is 280 g/mol. The molecule has 0 aromatic heterocycles. The van der Waals surface area contributed by atoms with Crippen molar-refractivity contribution in [3.05, 3.63) is 29.3 Å². The van der Waals surface area contributed by atoms with Gasteiger partial charge < -0.3 is 20.5 Å². The standard InChI is InChI=1S/C14H20N2O4/c1-4-20-8-10(3)15-14(19)16-11-6-5-9(2)12(7-11)13(17)18/h5-7,10H,4,8H2,1-3H3,(H,17,18)(H2,15,16,19). The zero-order chi connectivity index (χ0) is 15.1. The number of nitrogens with one attached hydrogen (secondary N) is 2. The van der Waals surface area contributed by atoms with E-state index in [1.807, 2.05) is 13.8 Å². The molecule has 0 bridgehead atoms. The van der Waals surface area contributed by atoms with Gasteiger partial charge in [0.1, 0.15) is 0 Å². The molecule has 0 aliphatic rings. The smallest absolute Gasteiger partial charge is 0.336 e. The lowest BCUT2D eigenvalue weighted by Crippen LogP contribution is -2.38. The SMILES string of the molecule is CCOCC(C)NC(=O)Nc1ccc(C)c(C(=O)O)c1. The van der Waals surface area contributed by atoms with Crippen molar-refractivity contribution in [1.29, 1.82) is 0 Å². The van der Waals surface area contributed by atoms with E-state index in [1.54, 1.807) is 19.1 Å². The molecule has 110 valence electrons. The van der Waals surface area contributed by atoms with Gasteiger partial charge >= 0.3 is 12.0 Å². The fourth-order valence-electron chi connectivity index (χ4n) is 1.66. The Kier molecular flexibility index (Phi) is 5.99. The molecule has 6 heteroatoms. The quantitative estimate of drug-likeness (QED) is 0.745. The molecular formula is C14H20N2O4. The number of anilines is 1. The molecule has 0 heterocycles. The maximum Gasteiger partial charge on any atom is 0.336 e. The number of carboxylic acids is 1. The van der Waals surface area contributed by atoms with Crippen LogP contribution in [0.25, 0.3) is 0 Å². The van der Waals surface area contributed by atoms with Crippen LogP contribution in [0.4, 0.5) is 10.5 Å². The van der Waals surface area contributed by atoms with E-state index in [4.69, 9.17) is 9.84 Å². The average molecular weight is 280 g/mol. The summed E-state index contributed by atoms with van der Waals surface area (Å²) in [6.07, 6.45) is 0. The third kappa shape index (κ3) is 4.89. The van der Waals surface area contributed by atoms with Crippen LogP contribution in [0.3, 0.4) is 0 Å². The largest absolute Gasteiger partial charge is 0.478 e. The van der Waals surface area contributed by atoms with Crippen molar-refractivity contribution in [2.24, 2.45) is 0 Å². The average Bonchev–Trinajstić information content (AvgIpc) is 2.38. The van der Waals surface area contributed by atoms with Crippen molar-refractivity contribution >= 4 is 17.7 Å². The van der Waals surface area contributed by atoms with E-state index in [0.717, 1.165) is 0 Å². The Morgan fingerprint density at radius 2 is 2.10 bits per heavy atom. The molecule has 6 nitrogen and oxygen atoms in total. The van der Waals surface area contributed by atoms with Gasteiger partial charge in [0, 0.05) is 12.3 Å². The van der Waals surface area contributed by atoms with Crippen LogP contribution in [-0.2, 0) is 4.74 Å². The van der Waals surface area contributed by atoms with E-state index < -0.39 is 12.0 Å². The number of amides is 2. The Bertz CT molecular complexity index is 488. The van der Waals surface area contributed by atoms with Gasteiger partial charge in [-0.3, -0.25) is 0 Å². The van der Waals surface area contributed by atoms with Gasteiger partial charge in [-0.15, -0.1) is 0 Å². The summed E-state index contributed by atoms with van der Waals surface area (Å²) in [5.41, 5.74) is 1.26. The maximum absolute atomic E-state index is 11.7. The Balaban J connectivity index is 2.62. The molecule has 0 radical (unpaired) electrons. The lowest BCUT2D eigenvalue weighted by atomic mass is 10.1. The number of benzene rings is 1. The van der Waals surface area contributed by atoms with Crippen LogP contribution in [-0.4, -0.2) is 36.4 Å². The second kappa shape index (κ2) is 7.49. The van der Waals surface area contributed by atoms with Gasteiger partial charge in [-0.25, -0.2) is 9.59 Å². The molecule has 3 N–H and O–H groups in total. The predicted molar refractivity (Wildman–Crippen MR) is 76.2 cm³/mol. The third-order valence-electron chi connectivity index (χ3n) is 2.68. The molecule has 0 fully saturated rings. The first-order valence-electron chi connectivity index (χ1n) is 6.43. The highest BCUT2D eigenvalue weighted by molar-refractivity contribution is 5.94. The second-order valence-electron chi connectivity index (χ2n) is 4.49. The number of carboxylic acid groups (broad SMARTS) is 1. The van der Waals surface area contributed by atoms with Gasteiger partial charge in [0.25, 0.3) is 0 Å². The van der Waals surface area contributed by atoms with Gasteiger partial charge in [-0.05, 0) is 38.5 Å². The summed E-state index contributed by atoms with van der Waals surface area (Å²) in [7, 11) is 0. The number of urea groups is 1. The highest BCUT2D eigenvalue weighted by atomic mass is 16.5. The van der Waals surface area contributed by atoms with E-state index in [9.17, 15) is 9.59 Å². The molecular weight excluding hydrogens is 260 g/mol. The van der Waals surface area contributed by atoms with E-state index in [2.05, 4.69) is 10.6 Å². The third-order valence-corrected chi connectivity index (χ3v) is 2.68. The van der Waals surface area contributed by atoms with Crippen molar-refractivity contribution in [3.8, 4) is 0 Å². The van der Waals surface area contributed by atoms with Gasteiger partial charge in [0.2, 0.25) is 0 Å². The first-order chi connectivity index (χ1) is 9.43. The number of carbonyl (C=O) groups excluding carboxylic acids is 1. The van der Waals surface area contributed by atoms with Crippen molar-refractivity contribution in [1.82, 2.24) is 5.32 Å². The lowest BCUT2D eigenvalue weighted by Gasteiger charge is -2.14. The maximum atomic E-state index is 11.7. The first-order valence-corrected chi connectivity index (χ1v) is 6.43. The zero-order valence-corrected chi connectivity index (χ0v) is 11.9. The second-order valence-corrected chi connectivity index (χ2v) is 4.49. The fourth-order valence-corrected chi connectivity index (χ4v) is 1.66. The van der Waals surface area contributed by atoms with Gasteiger partial charge in [-0.1, -0.05) is 6.07 Å². The Morgan fingerprint density at radius 1 is 1.40 bits per heavy atom. The summed E-state index contributed by atoms with van der Waals surface area (Å²) >= 11 is 0. The number of ether oxygens (including phenoxy) is 1. The molecule has 0 aliphatic carbocycles. The summed E-state index contributed by atoms with van der Waals surface area (Å²) < 4.78 is 5.19. The van der Waals surface area contributed by atoms with Crippen LogP contribution >= 0.6 is 0 Å². The van der Waals surface area contributed by atoms with Crippen LogP contribution < -0.4 is 10.6 Å². The molecule has 1 atom stereocenters. The first kappa shape index (κ1) is 16.0. The Hall–Kier alpha value is -2.08. The highest BCUT2D eigenvalue weighted by Crippen LogP contribution is 2.15. The zero-order valence-electron chi connectivity index (χ0n) is 11.9. The van der Waals surface area contributed by atoms with Crippen molar-refractivity contribution < 1.29 is 19.4 Å². The van der Waals surface area contributed by atoms with Crippen molar-refractivity contribution in [2.75, 3.05) is 18.5 Å². The normalized spacial score (nSPS) is 11.8. The van der Waals surface area contributed by atoms with Gasteiger partial charge in [-0.2, -0.15) is 0 Å². The van der Waals surface area contributed by atoms with Gasteiger partial charge in [0.15, 0.2) is 0 Å². The van der Waals surface area contributed by atoms with E-state index in [-0.39, 0.29) is 11.6 Å². The summed E-state index contributed by atoms with van der Waals surface area (Å²) in [6, 6.07) is 4.23. The fraction of sp³-hybridized carbons (Fsp3) is 0.429. The minimum Gasteiger partial charge on any atom is -0.478 e. The topological polar surface area (TPSA) is 87.7 Å². The summed E-state index contributed by atoms with van der Waals surface area (Å²) in [5, 5.41) is 14.3. The molecule has 20 heavy (non-hydrogen) atoms. The van der Waals surface area contributed by atoms with Crippen LogP contribution in [0, 0.1) is 6.92 Å². The number of aromatic carboxylic acids is 1. The predicted octanol–water partition coefficient (Wildman–Crippen LogP) is 2.24. The van der Waals surface area contributed by atoms with E-state index >= 15 is 0 Å². The molecule has 0 spiro atoms. The van der Waals surface area contributed by atoms with Crippen LogP contribution in [0.15, 0.2) is 18.2 Å². The number of hydrogen-bond acceptors (Lipinski definition) is 3. The lowest BCUT2D eigenvalue weighted by molar-refractivity contribution is 0.0696. The number of rotatable bonds is 6. The highest BCUT2D eigenvalue weighted by Gasteiger charge is 2.11. The van der Waals surface area contributed by atoms with Crippen LogP contribution in [0.2, 0.25) is 0 Å². The van der Waals surface area contributed by atoms with Crippen LogP contribution in [0.1, 0.15) is 29.8 Å². The molecule has 0 saturated heterocycles. The van der Waals surface area contributed by atoms with Crippen molar-refractivity contribution in [2.45, 2.75) is 26.8 Å². The van der Waals surface area contributed by atoms with E-state index in [0.29, 0.717) is 24.5 Å². The number of hydrogen-bond donors (Lipinski definition) is 3. The van der Waals surface area contributed by atoms with Gasteiger partial charge in [0.05, 0.1) is 18.2 Å². The molecule has 1 aromatic carbocycles. The summed E-state index contributed by atoms with van der Waals surface area (Å²) in [5.74, 6) is -1.02. The summed E-state index contributed by atoms with van der Waals surface area (Å²) in [4.78, 5) is 22.7. The molecule has 2 amide bonds. The van der Waals surface area contributed by atoms with Crippen molar-refractivity contribution in [3.63, 3.8) is 0 Å². The minimum absolute atomic E-state index is 0.126. The number of aryl methyl sites for hydroxylation is 1. The number of carbonyl (C=O) groups is 2. The van der Waals surface area contributed by atoms with Crippen LogP contribution in [0.5, 0.6) is 0 Å². The van der Waals surface area contributed by atoms with E-state index in [1.165, 1.54) is 6.07 Å². The minimum atomic E-state index is -1.02. The summed E-state index contributed by atoms with van der Waals surface area (Å²) in [6.45, 7) is 6.43. The molecule has 1 aromatic rings. The molecule has 1 unspecified atom stereocenters. The molecule has 0 saturated carbocycles. The Labute approximate surface area is 118 Å².